The number of hydrogen-bond donors (Lipinski definition) is 3. The molecular weight excluding hydrogens is 450 g/mol. The third-order valence-corrected chi connectivity index (χ3v) is 9.69. The summed E-state index contributed by atoms with van der Waals surface area (Å²) >= 11 is 1.66. The van der Waals surface area contributed by atoms with Gasteiger partial charge in [-0.25, -0.2) is 0 Å². The number of carbonyl (C=O) groups excluding carboxylic acids is 3. The van der Waals surface area contributed by atoms with Crippen molar-refractivity contribution in [1.29, 1.82) is 0 Å². The van der Waals surface area contributed by atoms with Gasteiger partial charge in [0.2, 0.25) is 17.7 Å². The van der Waals surface area contributed by atoms with E-state index in [-0.39, 0.29) is 35.5 Å². The number of thioether (sulfide) groups is 1. The standard InChI is InChI=1S/C26H37N3O4S/c1-4-5-13-27-24(32)22-26-12-11-19(34-26)20(23(31)28-14-17-9-7-6-8-10-17)21(26)25(33)29(22)18(15-30)16(2)3/h6-10,16,18-22,30H,4-5,11-15H2,1-3H3,(H,27,32)(H,28,31)/t18-,19-,20+,21-,22?,26?/m0/s1. The van der Waals surface area contributed by atoms with Crippen molar-refractivity contribution in [3.8, 4) is 0 Å². The van der Waals surface area contributed by atoms with Crippen LogP contribution in [0.15, 0.2) is 30.3 Å². The maximum Gasteiger partial charge on any atom is 0.244 e. The fraction of sp³-hybridized carbons (Fsp3) is 0.654. The number of hydrogen-bond acceptors (Lipinski definition) is 5. The van der Waals surface area contributed by atoms with Gasteiger partial charge in [-0.1, -0.05) is 57.5 Å². The van der Waals surface area contributed by atoms with Crippen LogP contribution < -0.4 is 10.6 Å². The third-order valence-electron chi connectivity index (χ3n) is 7.74. The predicted molar refractivity (Wildman–Crippen MR) is 133 cm³/mol. The van der Waals surface area contributed by atoms with E-state index in [1.807, 2.05) is 44.2 Å². The topological polar surface area (TPSA) is 98.7 Å². The van der Waals surface area contributed by atoms with Crippen molar-refractivity contribution >= 4 is 29.5 Å². The number of benzene rings is 1. The van der Waals surface area contributed by atoms with Crippen LogP contribution in [0.1, 0.15) is 52.0 Å². The van der Waals surface area contributed by atoms with Crippen LogP contribution in [0.25, 0.3) is 0 Å². The summed E-state index contributed by atoms with van der Waals surface area (Å²) in [6.45, 7) is 6.76. The van der Waals surface area contributed by atoms with E-state index in [1.54, 1.807) is 16.7 Å². The lowest BCUT2D eigenvalue weighted by Gasteiger charge is -2.38. The van der Waals surface area contributed by atoms with Crippen LogP contribution in [0.4, 0.5) is 0 Å². The quantitative estimate of drug-likeness (QED) is 0.440. The number of carbonyl (C=O) groups is 3. The number of amides is 3. The summed E-state index contributed by atoms with van der Waals surface area (Å²) in [5, 5.41) is 16.3. The highest BCUT2D eigenvalue weighted by Gasteiger charge is 2.74. The molecule has 3 aliphatic rings. The highest BCUT2D eigenvalue weighted by Crippen LogP contribution is 2.66. The van der Waals surface area contributed by atoms with Gasteiger partial charge in [-0.15, -0.1) is 11.8 Å². The van der Waals surface area contributed by atoms with E-state index in [0.717, 1.165) is 31.2 Å². The minimum atomic E-state index is -0.664. The van der Waals surface area contributed by atoms with Gasteiger partial charge in [-0.2, -0.15) is 0 Å². The molecule has 4 rings (SSSR count). The molecule has 186 valence electrons. The zero-order chi connectivity index (χ0) is 24.5. The monoisotopic (exact) mass is 487 g/mol. The number of nitrogens with one attached hydrogen (secondary N) is 2. The molecule has 0 aliphatic carbocycles. The second kappa shape index (κ2) is 10.3. The largest absolute Gasteiger partial charge is 0.394 e. The first-order valence-corrected chi connectivity index (χ1v) is 13.4. The van der Waals surface area contributed by atoms with E-state index in [1.165, 1.54) is 0 Å². The molecule has 2 bridgehead atoms. The fourth-order valence-corrected chi connectivity index (χ4v) is 8.26. The molecule has 34 heavy (non-hydrogen) atoms. The Morgan fingerprint density at radius 2 is 1.94 bits per heavy atom. The first-order valence-electron chi connectivity index (χ1n) is 12.6. The van der Waals surface area contributed by atoms with E-state index in [9.17, 15) is 19.5 Å². The fourth-order valence-electron chi connectivity index (χ4n) is 6.06. The van der Waals surface area contributed by atoms with Crippen LogP contribution in [0, 0.1) is 17.8 Å². The molecule has 3 aliphatic heterocycles. The zero-order valence-electron chi connectivity index (χ0n) is 20.3. The summed E-state index contributed by atoms with van der Waals surface area (Å²) in [6.07, 6.45) is 3.39. The lowest BCUT2D eigenvalue weighted by atomic mass is 9.70. The number of aliphatic hydroxyl groups excluding tert-OH is 1. The molecule has 3 fully saturated rings. The van der Waals surface area contributed by atoms with Crippen LogP contribution in [0.2, 0.25) is 0 Å². The second-order valence-electron chi connectivity index (χ2n) is 10.1. The van der Waals surface area contributed by atoms with Crippen molar-refractivity contribution in [3.63, 3.8) is 0 Å². The first-order chi connectivity index (χ1) is 16.4. The third kappa shape index (κ3) is 4.24. The molecule has 6 atom stereocenters. The number of rotatable bonds is 10. The number of fused-ring (bicyclic) bond motifs is 1. The molecule has 1 spiro atoms. The van der Waals surface area contributed by atoms with Crippen LogP contribution in [-0.4, -0.2) is 63.0 Å². The second-order valence-corrected chi connectivity index (χ2v) is 11.7. The minimum Gasteiger partial charge on any atom is -0.394 e. The molecule has 0 saturated carbocycles. The summed E-state index contributed by atoms with van der Waals surface area (Å²) in [7, 11) is 0. The highest BCUT2D eigenvalue weighted by molar-refractivity contribution is 8.02. The molecule has 2 unspecified atom stereocenters. The molecule has 8 heteroatoms. The molecule has 0 radical (unpaired) electrons. The Kier molecular flexibility index (Phi) is 7.57. The van der Waals surface area contributed by atoms with Crippen molar-refractivity contribution in [2.75, 3.05) is 13.2 Å². The number of unbranched alkanes of at least 4 members (excludes halogenated alkanes) is 1. The average Bonchev–Trinajstić information content (AvgIpc) is 3.46. The van der Waals surface area contributed by atoms with Gasteiger partial charge in [0.1, 0.15) is 6.04 Å². The molecule has 1 aromatic rings. The number of aliphatic hydroxyl groups is 1. The Hall–Kier alpha value is -2.06. The van der Waals surface area contributed by atoms with Gasteiger partial charge in [-0.05, 0) is 30.7 Å². The van der Waals surface area contributed by atoms with Crippen LogP contribution in [0.5, 0.6) is 0 Å². The van der Waals surface area contributed by atoms with Crippen molar-refractivity contribution in [2.45, 2.75) is 75.1 Å². The Balaban J connectivity index is 1.63. The Morgan fingerprint density at radius 3 is 2.59 bits per heavy atom. The average molecular weight is 488 g/mol. The molecule has 7 nitrogen and oxygen atoms in total. The van der Waals surface area contributed by atoms with Gasteiger partial charge >= 0.3 is 0 Å². The van der Waals surface area contributed by atoms with E-state index < -0.39 is 28.7 Å². The molecule has 1 aromatic carbocycles. The van der Waals surface area contributed by atoms with Crippen LogP contribution >= 0.6 is 11.8 Å². The number of likely N-dealkylation sites (tertiary alicyclic amines) is 1. The minimum absolute atomic E-state index is 0.0114. The lowest BCUT2D eigenvalue weighted by molar-refractivity contribution is -0.143. The van der Waals surface area contributed by atoms with Gasteiger partial charge < -0.3 is 20.6 Å². The molecule has 3 heterocycles. The van der Waals surface area contributed by atoms with Gasteiger partial charge in [0.05, 0.1) is 29.2 Å². The maximum atomic E-state index is 14.0. The molecular formula is C26H37N3O4S. The summed E-state index contributed by atoms with van der Waals surface area (Å²) < 4.78 is -0.616. The van der Waals surface area contributed by atoms with Crippen molar-refractivity contribution in [1.82, 2.24) is 15.5 Å². The van der Waals surface area contributed by atoms with E-state index in [0.29, 0.717) is 13.1 Å². The maximum absolute atomic E-state index is 14.0. The van der Waals surface area contributed by atoms with Crippen molar-refractivity contribution in [3.05, 3.63) is 35.9 Å². The Bertz CT molecular complexity index is 911. The first kappa shape index (κ1) is 25.0. The van der Waals surface area contributed by atoms with Crippen LogP contribution in [0.3, 0.4) is 0 Å². The summed E-state index contributed by atoms with van der Waals surface area (Å²) in [4.78, 5) is 42.5. The Morgan fingerprint density at radius 1 is 1.21 bits per heavy atom. The van der Waals surface area contributed by atoms with Gasteiger partial charge in [0, 0.05) is 18.3 Å². The van der Waals surface area contributed by atoms with Gasteiger partial charge in [0.25, 0.3) is 0 Å². The van der Waals surface area contributed by atoms with E-state index in [2.05, 4.69) is 17.6 Å². The zero-order valence-corrected chi connectivity index (χ0v) is 21.1. The smallest absolute Gasteiger partial charge is 0.244 e. The van der Waals surface area contributed by atoms with Crippen molar-refractivity contribution < 1.29 is 19.5 Å². The predicted octanol–water partition coefficient (Wildman–Crippen LogP) is 2.33. The normalized spacial score (nSPS) is 30.5. The summed E-state index contributed by atoms with van der Waals surface area (Å²) in [5.41, 5.74) is 1.01. The molecule has 3 saturated heterocycles. The van der Waals surface area contributed by atoms with Crippen LogP contribution in [-0.2, 0) is 20.9 Å². The molecule has 3 N–H and O–H groups in total. The summed E-state index contributed by atoms with van der Waals surface area (Å²) in [6, 6.07) is 8.61. The van der Waals surface area contributed by atoms with Gasteiger partial charge in [0.15, 0.2) is 0 Å². The van der Waals surface area contributed by atoms with E-state index in [4.69, 9.17) is 0 Å². The Labute approximate surface area is 206 Å². The summed E-state index contributed by atoms with van der Waals surface area (Å²) in [5.74, 6) is -1.43. The number of nitrogens with zero attached hydrogens (tertiary/aromatic N) is 1. The SMILES string of the molecule is CCCCNC(=O)C1N([C@@H](CO)C(C)C)C(=O)[C@@H]2[C@H](C(=O)NCc3ccccc3)[C@@H]3CCC12S3. The van der Waals surface area contributed by atoms with Crippen molar-refractivity contribution in [2.24, 2.45) is 17.8 Å². The van der Waals surface area contributed by atoms with Gasteiger partial charge in [-0.3, -0.25) is 14.4 Å². The molecule has 0 aromatic heterocycles. The van der Waals surface area contributed by atoms with E-state index >= 15 is 0 Å². The highest BCUT2D eigenvalue weighted by atomic mass is 32.2. The lowest BCUT2D eigenvalue weighted by Crippen LogP contribution is -2.57. The molecule has 3 amide bonds.